The lowest BCUT2D eigenvalue weighted by Gasteiger charge is -2.04. The fourth-order valence-electron chi connectivity index (χ4n) is 0.191. The van der Waals surface area contributed by atoms with Gasteiger partial charge in [-0.1, -0.05) is 12.2 Å². The Balaban J connectivity index is 4.16. The van der Waals surface area contributed by atoms with Crippen LogP contribution in [-0.4, -0.2) is 27.6 Å². The smallest absolute Gasteiger partial charge is 0.420 e. The molecule has 0 saturated carbocycles. The van der Waals surface area contributed by atoms with Gasteiger partial charge in [-0.15, -0.1) is 0 Å². The molecule has 0 aliphatic rings. The number of urea groups is 1. The summed E-state index contributed by atoms with van der Waals surface area (Å²) in [5.74, 6) is 0. The van der Waals surface area contributed by atoms with Crippen LogP contribution in [-0.2, 0) is 0 Å². The lowest BCUT2D eigenvalue weighted by atomic mass is 10.8. The third-order valence-electron chi connectivity index (χ3n) is 0.549. The molecule has 0 bridgehead atoms. The number of hydrogen-bond donors (Lipinski definition) is 2. The van der Waals surface area contributed by atoms with Gasteiger partial charge in [0.05, 0.1) is 5.49 Å². The summed E-state index contributed by atoms with van der Waals surface area (Å²) in [4.78, 5) is 20.1. The minimum Gasteiger partial charge on any atom is -0.464 e. The Kier molecular flexibility index (Phi) is 2.59. The van der Waals surface area contributed by atoms with Gasteiger partial charge in [-0.3, -0.25) is 0 Å². The van der Waals surface area contributed by atoms with Crippen LogP contribution in [0.3, 0.4) is 0 Å². The van der Waals surface area contributed by atoms with Gasteiger partial charge in [-0.2, -0.15) is 4.90 Å². The molecule has 0 fully saturated rings. The van der Waals surface area contributed by atoms with Gasteiger partial charge in [0, 0.05) is 0 Å². The highest BCUT2D eigenvalue weighted by molar-refractivity contribution is 7.78. The van der Waals surface area contributed by atoms with Gasteiger partial charge in [0.2, 0.25) is 0 Å². The molecule has 0 rings (SSSR count). The van der Waals surface area contributed by atoms with Crippen molar-refractivity contribution in [3.63, 3.8) is 0 Å². The summed E-state index contributed by atoms with van der Waals surface area (Å²) in [5, 5.41) is 8.07. The lowest BCUT2D eigenvalue weighted by molar-refractivity contribution is 0.172. The van der Waals surface area contributed by atoms with Crippen LogP contribution in [0.25, 0.3) is 0 Å². The monoisotopic (exact) mass is 148 g/mol. The zero-order valence-corrected chi connectivity index (χ0v) is 5.09. The van der Waals surface area contributed by atoms with E-state index in [0.29, 0.717) is 5.49 Å². The van der Waals surface area contributed by atoms with Gasteiger partial charge in [0.15, 0.2) is 0 Å². The van der Waals surface area contributed by atoms with Crippen molar-refractivity contribution in [2.75, 3.05) is 0 Å². The van der Waals surface area contributed by atoms with Crippen LogP contribution in [0.15, 0.2) is 0 Å². The molecule has 6 heteroatoms. The fraction of sp³-hybridized carbons (Fsp3) is 0. The molecule has 50 valence electrons. The number of hydrogen-bond acceptors (Lipinski definition) is 3. The maximum Gasteiger partial charge on any atom is 0.420 e. The molecule has 0 radical (unpaired) electrons. The van der Waals surface area contributed by atoms with Crippen LogP contribution in [0.5, 0.6) is 0 Å². The minimum atomic E-state index is -1.47. The molecule has 0 aliphatic carbocycles. The molecule has 0 heterocycles. The highest BCUT2D eigenvalue weighted by Crippen LogP contribution is 1.82. The summed E-state index contributed by atoms with van der Waals surface area (Å²) < 4.78 is 0. The van der Waals surface area contributed by atoms with Crippen LogP contribution in [0, 0.1) is 0 Å². The van der Waals surface area contributed by atoms with Crippen molar-refractivity contribution >= 4 is 29.8 Å². The molecular formula is C3H4N2O3S. The summed E-state index contributed by atoms with van der Waals surface area (Å²) in [7, 11) is 0. The lowest BCUT2D eigenvalue weighted by Crippen LogP contribution is -2.37. The van der Waals surface area contributed by atoms with E-state index < -0.39 is 12.1 Å². The predicted molar refractivity (Wildman–Crippen MR) is 33.1 cm³/mol. The number of nitrogens with two attached hydrogens (primary N) is 1. The average Bonchev–Trinajstić information content (AvgIpc) is 1.64. The number of carboxylic acid groups (broad SMARTS) is 1. The first kappa shape index (κ1) is 7.83. The zero-order chi connectivity index (χ0) is 7.44. The van der Waals surface area contributed by atoms with Crippen LogP contribution in [0.2, 0.25) is 0 Å². The van der Waals surface area contributed by atoms with Gasteiger partial charge in [-0.05, 0) is 0 Å². The quantitative estimate of drug-likeness (QED) is 0.513. The number of imide groups is 1. The molecular weight excluding hydrogens is 144 g/mol. The van der Waals surface area contributed by atoms with Gasteiger partial charge < -0.3 is 10.8 Å². The van der Waals surface area contributed by atoms with E-state index in [1.807, 2.05) is 0 Å². The van der Waals surface area contributed by atoms with Gasteiger partial charge in [-0.25, -0.2) is 9.59 Å². The number of carbonyl (C=O) groups excluding carboxylic acids is 1. The largest absolute Gasteiger partial charge is 0.464 e. The molecule has 9 heavy (non-hydrogen) atoms. The number of rotatable bonds is 1. The zero-order valence-electron chi connectivity index (χ0n) is 4.27. The number of amides is 3. The second kappa shape index (κ2) is 2.98. The molecule has 0 atom stereocenters. The van der Waals surface area contributed by atoms with Crippen molar-refractivity contribution in [1.29, 1.82) is 0 Å². The summed E-state index contributed by atoms with van der Waals surface area (Å²) in [5.41, 5.74) is 5.21. The Bertz CT molecular complexity index is 143. The molecule has 0 aromatic rings. The van der Waals surface area contributed by atoms with Crippen molar-refractivity contribution < 1.29 is 14.7 Å². The number of thiocarbonyl (C=S) groups is 1. The van der Waals surface area contributed by atoms with Crippen molar-refractivity contribution in [2.24, 2.45) is 5.73 Å². The van der Waals surface area contributed by atoms with E-state index in [1.165, 1.54) is 0 Å². The van der Waals surface area contributed by atoms with Crippen molar-refractivity contribution in [2.45, 2.75) is 0 Å². The normalized spacial score (nSPS) is 8.00. The highest BCUT2D eigenvalue weighted by atomic mass is 32.1. The van der Waals surface area contributed by atoms with Crippen molar-refractivity contribution in [3.8, 4) is 0 Å². The summed E-state index contributed by atoms with van der Waals surface area (Å²) in [6.07, 6.45) is -1.47. The Hall–Kier alpha value is -1.17. The first-order chi connectivity index (χ1) is 4.09. The molecule has 0 aliphatic heterocycles. The van der Waals surface area contributed by atoms with E-state index in [4.69, 9.17) is 5.11 Å². The third-order valence-corrected chi connectivity index (χ3v) is 0.760. The van der Waals surface area contributed by atoms with Crippen LogP contribution in [0.1, 0.15) is 0 Å². The van der Waals surface area contributed by atoms with Crippen LogP contribution < -0.4 is 5.73 Å². The van der Waals surface area contributed by atoms with E-state index in [1.54, 1.807) is 0 Å². The predicted octanol–water partition coefficient (Wildman–Crippen LogP) is 0.00230. The first-order valence-electron chi connectivity index (χ1n) is 1.86. The van der Waals surface area contributed by atoms with Gasteiger partial charge in [0.1, 0.15) is 0 Å². The van der Waals surface area contributed by atoms with Crippen molar-refractivity contribution in [3.05, 3.63) is 0 Å². The molecule has 3 N–H and O–H groups in total. The Morgan fingerprint density at radius 1 is 1.67 bits per heavy atom. The summed E-state index contributed by atoms with van der Waals surface area (Å²) in [6.45, 7) is 0. The van der Waals surface area contributed by atoms with E-state index in [9.17, 15) is 9.59 Å². The van der Waals surface area contributed by atoms with Crippen LogP contribution >= 0.6 is 12.2 Å². The standard InChI is InChI=1S/C3H4N2O3S/c4-2(6)5(1-9)3(7)8/h1H,(H2,4,6)(H,7,8). The van der Waals surface area contributed by atoms with E-state index in [0.717, 1.165) is 0 Å². The number of nitrogens with zero attached hydrogens (tertiary/aromatic N) is 1. The second-order valence-electron chi connectivity index (χ2n) is 1.10. The molecule has 0 saturated heterocycles. The maximum atomic E-state index is 10.0. The van der Waals surface area contributed by atoms with E-state index in [2.05, 4.69) is 18.0 Å². The Labute approximate surface area is 56.0 Å². The van der Waals surface area contributed by atoms with Crippen molar-refractivity contribution in [1.82, 2.24) is 4.90 Å². The SMILES string of the molecule is NC(=O)N(C=S)C(=O)O. The van der Waals surface area contributed by atoms with Gasteiger partial charge >= 0.3 is 12.1 Å². The summed E-state index contributed by atoms with van der Waals surface area (Å²) in [6, 6.07) is -1.10. The molecule has 5 nitrogen and oxygen atoms in total. The Morgan fingerprint density at radius 2 is 2.11 bits per heavy atom. The maximum absolute atomic E-state index is 10.0. The highest BCUT2D eigenvalue weighted by Gasteiger charge is 2.12. The third kappa shape index (κ3) is 2.04. The minimum absolute atomic E-state index is 0.204. The molecule has 0 unspecified atom stereocenters. The molecule has 0 spiro atoms. The molecule has 0 aromatic carbocycles. The average molecular weight is 148 g/mol. The summed E-state index contributed by atoms with van der Waals surface area (Å²) >= 11 is 4.15. The number of primary amides is 1. The van der Waals surface area contributed by atoms with Gasteiger partial charge in [0.25, 0.3) is 0 Å². The molecule has 0 aromatic heterocycles. The first-order valence-corrected chi connectivity index (χ1v) is 2.33. The topological polar surface area (TPSA) is 83.6 Å². The number of carbonyl (C=O) groups is 2. The van der Waals surface area contributed by atoms with Crippen LogP contribution in [0.4, 0.5) is 9.59 Å². The second-order valence-corrected chi connectivity index (χ2v) is 1.31. The van der Waals surface area contributed by atoms with E-state index >= 15 is 0 Å². The Morgan fingerprint density at radius 3 is 2.11 bits per heavy atom. The molecule has 3 amide bonds. The van der Waals surface area contributed by atoms with E-state index in [-0.39, 0.29) is 4.90 Å². The fourth-order valence-corrected chi connectivity index (χ4v) is 0.385.